The molecule has 0 radical (unpaired) electrons. The molecule has 2 rings (SSSR count). The van der Waals surface area contributed by atoms with Crippen LogP contribution in [0.2, 0.25) is 0 Å². The topological polar surface area (TPSA) is 32.8 Å². The molecule has 19 heavy (non-hydrogen) atoms. The number of nitrogens with zero attached hydrogens (tertiary/aromatic N) is 2. The van der Waals surface area contributed by atoms with Gasteiger partial charge in [-0.1, -0.05) is 6.07 Å². The minimum atomic E-state index is -0.304. The fourth-order valence-corrected chi connectivity index (χ4v) is 2.47. The molecule has 0 spiro atoms. The maximum Gasteiger partial charge on any atom is 0.414 e. The van der Waals surface area contributed by atoms with Crippen molar-refractivity contribution in [3.63, 3.8) is 0 Å². The summed E-state index contributed by atoms with van der Waals surface area (Å²) < 4.78 is 5.39. The van der Waals surface area contributed by atoms with Gasteiger partial charge in [-0.2, -0.15) is 0 Å². The van der Waals surface area contributed by atoms with Gasteiger partial charge < -0.3 is 14.5 Å². The van der Waals surface area contributed by atoms with Gasteiger partial charge in [0.25, 0.3) is 0 Å². The number of hydrogen-bond acceptors (Lipinski definition) is 3. The first-order valence-corrected chi connectivity index (χ1v) is 6.75. The molecule has 1 atom stereocenters. The Bertz CT molecular complexity index is 471. The molecule has 0 bridgehead atoms. The Labute approximate surface area is 115 Å². The predicted octanol–water partition coefficient (Wildman–Crippen LogP) is 2.69. The molecule has 0 aliphatic heterocycles. The van der Waals surface area contributed by atoms with E-state index in [1.54, 1.807) is 11.9 Å². The first-order chi connectivity index (χ1) is 9.02. The second-order valence-corrected chi connectivity index (χ2v) is 5.26. The molecule has 4 nitrogen and oxygen atoms in total. The van der Waals surface area contributed by atoms with Crippen LogP contribution in [0.3, 0.4) is 0 Å². The second-order valence-electron chi connectivity index (χ2n) is 5.26. The summed E-state index contributed by atoms with van der Waals surface area (Å²) in [7, 11) is 5.91. The van der Waals surface area contributed by atoms with Crippen molar-refractivity contribution in [1.29, 1.82) is 0 Å². The number of amides is 1. The van der Waals surface area contributed by atoms with Crippen molar-refractivity contribution in [2.75, 3.05) is 27.7 Å². The first-order valence-electron chi connectivity index (χ1n) is 6.75. The molecule has 0 unspecified atom stereocenters. The van der Waals surface area contributed by atoms with E-state index in [1.807, 2.05) is 19.1 Å². The third-order valence-electron chi connectivity index (χ3n) is 3.78. The van der Waals surface area contributed by atoms with Gasteiger partial charge in [0.05, 0.1) is 0 Å². The van der Waals surface area contributed by atoms with E-state index in [0.29, 0.717) is 18.3 Å². The zero-order valence-electron chi connectivity index (χ0n) is 12.1. The number of hydrogen-bond donors (Lipinski definition) is 0. The zero-order valence-corrected chi connectivity index (χ0v) is 12.1. The highest BCUT2D eigenvalue weighted by atomic mass is 16.6. The van der Waals surface area contributed by atoms with Crippen LogP contribution in [0.5, 0.6) is 5.75 Å². The van der Waals surface area contributed by atoms with Crippen LogP contribution in [-0.4, -0.2) is 43.6 Å². The van der Waals surface area contributed by atoms with Gasteiger partial charge in [0.15, 0.2) is 0 Å². The van der Waals surface area contributed by atoms with Gasteiger partial charge in [-0.25, -0.2) is 4.79 Å². The normalized spacial score (nSPS) is 17.4. The Balaban J connectivity index is 2.17. The summed E-state index contributed by atoms with van der Waals surface area (Å²) in [5.41, 5.74) is 2.65. The number of rotatable bonds is 3. The van der Waals surface area contributed by atoms with E-state index in [4.69, 9.17) is 4.74 Å². The number of carbonyl (C=O) groups is 1. The maximum atomic E-state index is 11.8. The first kappa shape index (κ1) is 13.9. The molecule has 0 saturated carbocycles. The van der Waals surface area contributed by atoms with Crippen LogP contribution < -0.4 is 4.74 Å². The Morgan fingerprint density at radius 1 is 1.37 bits per heavy atom. The van der Waals surface area contributed by atoms with Gasteiger partial charge >= 0.3 is 6.09 Å². The molecule has 0 saturated heterocycles. The standard InChI is InChI=1S/C15H22N2O2/c1-5-17(4)15(18)19-12-8-6-11-7-9-14(16(2)3)13(11)10-12/h6,8,10,14H,5,7,9H2,1-4H3/t14-/m1/s1. The summed E-state index contributed by atoms with van der Waals surface area (Å²) in [6.07, 6.45) is 1.93. The van der Waals surface area contributed by atoms with E-state index < -0.39 is 0 Å². The highest BCUT2D eigenvalue weighted by Gasteiger charge is 2.24. The van der Waals surface area contributed by atoms with Crippen LogP contribution in [0.1, 0.15) is 30.5 Å². The van der Waals surface area contributed by atoms with Gasteiger partial charge in [0.2, 0.25) is 0 Å². The summed E-state index contributed by atoms with van der Waals surface area (Å²) >= 11 is 0. The molecular formula is C15H22N2O2. The average molecular weight is 262 g/mol. The molecule has 1 aliphatic carbocycles. The lowest BCUT2D eigenvalue weighted by molar-refractivity contribution is 0.165. The quantitative estimate of drug-likeness (QED) is 0.839. The van der Waals surface area contributed by atoms with E-state index >= 15 is 0 Å². The van der Waals surface area contributed by atoms with Gasteiger partial charge in [0, 0.05) is 19.6 Å². The highest BCUT2D eigenvalue weighted by Crippen LogP contribution is 2.36. The van der Waals surface area contributed by atoms with Crippen LogP contribution >= 0.6 is 0 Å². The fourth-order valence-electron chi connectivity index (χ4n) is 2.47. The largest absolute Gasteiger partial charge is 0.414 e. The van der Waals surface area contributed by atoms with Crippen LogP contribution in [0.4, 0.5) is 4.79 Å². The molecule has 1 aromatic rings. The number of fused-ring (bicyclic) bond motifs is 1. The minimum Gasteiger partial charge on any atom is -0.410 e. The lowest BCUT2D eigenvalue weighted by atomic mass is 10.1. The zero-order chi connectivity index (χ0) is 14.0. The molecule has 0 aromatic heterocycles. The Hall–Kier alpha value is -1.55. The monoisotopic (exact) mass is 262 g/mol. The second kappa shape index (κ2) is 5.61. The molecule has 1 aromatic carbocycles. The summed E-state index contributed by atoms with van der Waals surface area (Å²) in [4.78, 5) is 15.5. The maximum absolute atomic E-state index is 11.8. The van der Waals surface area contributed by atoms with E-state index in [0.717, 1.165) is 12.8 Å². The van der Waals surface area contributed by atoms with Crippen molar-refractivity contribution >= 4 is 6.09 Å². The Morgan fingerprint density at radius 2 is 2.11 bits per heavy atom. The fraction of sp³-hybridized carbons (Fsp3) is 0.533. The van der Waals surface area contributed by atoms with Crippen LogP contribution in [0, 0.1) is 0 Å². The van der Waals surface area contributed by atoms with Gasteiger partial charge in [-0.3, -0.25) is 0 Å². The van der Waals surface area contributed by atoms with Crippen LogP contribution in [0.15, 0.2) is 18.2 Å². The molecular weight excluding hydrogens is 240 g/mol. The van der Waals surface area contributed by atoms with Gasteiger partial charge in [-0.15, -0.1) is 0 Å². The number of aryl methyl sites for hydroxylation is 1. The van der Waals surface area contributed by atoms with Crippen LogP contribution in [0.25, 0.3) is 0 Å². The van der Waals surface area contributed by atoms with Crippen LogP contribution in [-0.2, 0) is 6.42 Å². The smallest absolute Gasteiger partial charge is 0.410 e. The highest BCUT2D eigenvalue weighted by molar-refractivity contribution is 5.70. The average Bonchev–Trinajstić information content (AvgIpc) is 2.80. The van der Waals surface area contributed by atoms with E-state index in [2.05, 4.69) is 25.1 Å². The SMILES string of the molecule is CCN(C)C(=O)Oc1ccc2c(c1)[C@H](N(C)C)CC2. The lowest BCUT2D eigenvalue weighted by Crippen LogP contribution is -2.29. The summed E-state index contributed by atoms with van der Waals surface area (Å²) in [6.45, 7) is 2.57. The third-order valence-corrected chi connectivity index (χ3v) is 3.78. The van der Waals surface area contributed by atoms with E-state index in [-0.39, 0.29) is 6.09 Å². The Kier molecular flexibility index (Phi) is 4.10. The summed E-state index contributed by atoms with van der Waals surface area (Å²) in [5.74, 6) is 0.637. The summed E-state index contributed by atoms with van der Waals surface area (Å²) in [5, 5.41) is 0. The van der Waals surface area contributed by atoms with Crippen molar-refractivity contribution in [1.82, 2.24) is 9.80 Å². The molecule has 104 valence electrons. The Morgan fingerprint density at radius 3 is 2.74 bits per heavy atom. The summed E-state index contributed by atoms with van der Waals surface area (Å²) in [6, 6.07) is 6.40. The van der Waals surface area contributed by atoms with E-state index in [9.17, 15) is 4.79 Å². The third kappa shape index (κ3) is 2.89. The van der Waals surface area contributed by atoms with Crippen molar-refractivity contribution in [2.45, 2.75) is 25.8 Å². The van der Waals surface area contributed by atoms with Crippen molar-refractivity contribution in [3.8, 4) is 5.75 Å². The molecule has 0 N–H and O–H groups in total. The van der Waals surface area contributed by atoms with Gasteiger partial charge in [-0.05, 0) is 57.1 Å². The molecule has 4 heteroatoms. The lowest BCUT2D eigenvalue weighted by Gasteiger charge is -2.20. The molecule has 0 heterocycles. The van der Waals surface area contributed by atoms with Crippen molar-refractivity contribution in [3.05, 3.63) is 29.3 Å². The number of ether oxygens (including phenoxy) is 1. The van der Waals surface area contributed by atoms with Gasteiger partial charge in [0.1, 0.15) is 5.75 Å². The number of carbonyl (C=O) groups excluding carboxylic acids is 1. The molecule has 1 aliphatic rings. The number of benzene rings is 1. The van der Waals surface area contributed by atoms with E-state index in [1.165, 1.54) is 11.1 Å². The van der Waals surface area contributed by atoms with Crippen molar-refractivity contribution in [2.24, 2.45) is 0 Å². The molecule has 0 fully saturated rings. The molecule has 1 amide bonds. The minimum absolute atomic E-state index is 0.304. The van der Waals surface area contributed by atoms with Crippen molar-refractivity contribution < 1.29 is 9.53 Å². The predicted molar refractivity (Wildman–Crippen MR) is 75.5 cm³/mol.